The van der Waals surface area contributed by atoms with Gasteiger partial charge in [0.1, 0.15) is 6.04 Å². The normalized spacial score (nSPS) is 18.3. The monoisotopic (exact) mass is 397 g/mol. The number of rotatable bonds is 6. The molecule has 0 aromatic heterocycles. The summed E-state index contributed by atoms with van der Waals surface area (Å²) in [6.45, 7) is 7.13. The first-order valence-electron chi connectivity index (χ1n) is 8.89. The second kappa shape index (κ2) is 9.14. The zero-order chi connectivity index (χ0) is 20.1. The van der Waals surface area contributed by atoms with Gasteiger partial charge in [-0.3, -0.25) is 19.7 Å². The average Bonchev–Trinajstić information content (AvgIpc) is 2.64. The van der Waals surface area contributed by atoms with E-state index in [1.54, 1.807) is 4.90 Å². The summed E-state index contributed by atoms with van der Waals surface area (Å²) in [5.41, 5.74) is -0.110. The number of carbonyl (C=O) groups excluding carboxylic acids is 2. The molecule has 27 heavy (non-hydrogen) atoms. The predicted octanol–water partition coefficient (Wildman–Crippen LogP) is 2.64. The number of nitro groups is 1. The molecule has 9 heteroatoms. The van der Waals surface area contributed by atoms with Crippen LogP contribution in [0.4, 0.5) is 5.69 Å². The first-order valence-corrected chi connectivity index (χ1v) is 9.27. The number of benzene rings is 1. The number of non-ortho nitro benzene ring substituents is 1. The van der Waals surface area contributed by atoms with Gasteiger partial charge in [-0.05, 0) is 18.4 Å². The van der Waals surface area contributed by atoms with E-state index in [1.165, 1.54) is 12.1 Å². The Hall–Kier alpha value is -2.19. The molecule has 1 heterocycles. The largest absolute Gasteiger partial charge is 0.375 e. The number of carbonyl (C=O) groups is 2. The van der Waals surface area contributed by atoms with Crippen LogP contribution in [0.3, 0.4) is 0 Å². The molecule has 2 amide bonds. The van der Waals surface area contributed by atoms with Crippen LogP contribution in [0.2, 0.25) is 5.02 Å². The molecule has 8 nitrogen and oxygen atoms in total. The standard InChI is InChI=1S/C18H24ClN3O5/c1-4-13-10-21(7-8-27-13)18(24)16(11(2)3)20-17(23)14-6-5-12(22(25)26)9-15(14)19/h5-6,9,11,13,16H,4,7-8,10H2,1-3H3,(H,20,23)/t13-,16-/m0/s1. The van der Waals surface area contributed by atoms with Crippen molar-refractivity contribution in [3.05, 3.63) is 38.9 Å². The quantitative estimate of drug-likeness (QED) is 0.587. The Morgan fingerprint density at radius 3 is 2.70 bits per heavy atom. The molecule has 2 rings (SSSR count). The highest BCUT2D eigenvalue weighted by Crippen LogP contribution is 2.23. The summed E-state index contributed by atoms with van der Waals surface area (Å²) < 4.78 is 5.59. The number of halogens is 1. The minimum Gasteiger partial charge on any atom is -0.375 e. The third-order valence-corrected chi connectivity index (χ3v) is 4.85. The lowest BCUT2D eigenvalue weighted by molar-refractivity contribution is -0.384. The van der Waals surface area contributed by atoms with E-state index in [0.717, 1.165) is 12.5 Å². The minimum atomic E-state index is -0.723. The lowest BCUT2D eigenvalue weighted by Crippen LogP contribution is -2.55. The molecule has 1 fully saturated rings. The highest BCUT2D eigenvalue weighted by atomic mass is 35.5. The number of hydrogen-bond donors (Lipinski definition) is 1. The highest BCUT2D eigenvalue weighted by molar-refractivity contribution is 6.34. The number of amides is 2. The summed E-state index contributed by atoms with van der Waals surface area (Å²) in [7, 11) is 0. The van der Waals surface area contributed by atoms with Crippen molar-refractivity contribution in [3.8, 4) is 0 Å². The van der Waals surface area contributed by atoms with Crippen LogP contribution in [-0.2, 0) is 9.53 Å². The van der Waals surface area contributed by atoms with Crippen LogP contribution >= 0.6 is 11.6 Å². The van der Waals surface area contributed by atoms with Gasteiger partial charge in [0.15, 0.2) is 0 Å². The number of nitro benzene ring substituents is 1. The van der Waals surface area contributed by atoms with E-state index in [9.17, 15) is 19.7 Å². The van der Waals surface area contributed by atoms with E-state index in [1.807, 2.05) is 20.8 Å². The Morgan fingerprint density at radius 1 is 1.44 bits per heavy atom. The number of morpholine rings is 1. The molecule has 2 atom stereocenters. The number of ether oxygens (including phenoxy) is 1. The summed E-state index contributed by atoms with van der Waals surface area (Å²) in [5, 5.41) is 13.5. The van der Waals surface area contributed by atoms with Crippen molar-refractivity contribution in [3.63, 3.8) is 0 Å². The number of hydrogen-bond acceptors (Lipinski definition) is 5. The summed E-state index contributed by atoms with van der Waals surface area (Å²) in [4.78, 5) is 37.5. The summed E-state index contributed by atoms with van der Waals surface area (Å²) in [6, 6.07) is 2.90. The Labute approximate surface area is 163 Å². The molecule has 0 saturated carbocycles. The lowest BCUT2D eigenvalue weighted by atomic mass is 10.0. The molecule has 1 aliphatic rings. The van der Waals surface area contributed by atoms with Crippen LogP contribution < -0.4 is 5.32 Å². The number of nitrogens with one attached hydrogen (secondary N) is 1. The third-order valence-electron chi connectivity index (χ3n) is 4.53. The Bertz CT molecular complexity index is 725. The zero-order valence-electron chi connectivity index (χ0n) is 15.6. The zero-order valence-corrected chi connectivity index (χ0v) is 16.4. The highest BCUT2D eigenvalue weighted by Gasteiger charge is 2.32. The van der Waals surface area contributed by atoms with Gasteiger partial charge in [0.25, 0.3) is 11.6 Å². The van der Waals surface area contributed by atoms with Gasteiger partial charge in [-0.25, -0.2) is 0 Å². The van der Waals surface area contributed by atoms with Crippen molar-refractivity contribution in [1.82, 2.24) is 10.2 Å². The van der Waals surface area contributed by atoms with Gasteiger partial charge in [0.2, 0.25) is 5.91 Å². The maximum absolute atomic E-state index is 12.9. The van der Waals surface area contributed by atoms with Gasteiger partial charge in [-0.2, -0.15) is 0 Å². The average molecular weight is 398 g/mol. The SMILES string of the molecule is CC[C@H]1CN(C(=O)[C@@H](NC(=O)c2ccc([N+](=O)[O-])cc2Cl)C(C)C)CCO1. The maximum Gasteiger partial charge on any atom is 0.270 e. The first kappa shape index (κ1) is 21.1. The molecule has 1 aromatic rings. The van der Waals surface area contributed by atoms with Crippen molar-refractivity contribution < 1.29 is 19.2 Å². The fraction of sp³-hybridized carbons (Fsp3) is 0.556. The van der Waals surface area contributed by atoms with Gasteiger partial charge >= 0.3 is 0 Å². The van der Waals surface area contributed by atoms with E-state index < -0.39 is 16.9 Å². The van der Waals surface area contributed by atoms with Crippen LogP contribution in [0.25, 0.3) is 0 Å². The van der Waals surface area contributed by atoms with E-state index in [4.69, 9.17) is 16.3 Å². The molecule has 1 aromatic carbocycles. The summed E-state index contributed by atoms with van der Waals surface area (Å²) in [5.74, 6) is -0.846. The first-order chi connectivity index (χ1) is 12.7. The van der Waals surface area contributed by atoms with Gasteiger partial charge in [0, 0.05) is 25.2 Å². The molecule has 0 bridgehead atoms. The molecule has 0 spiro atoms. The molecular formula is C18H24ClN3O5. The van der Waals surface area contributed by atoms with Crippen LogP contribution in [0.1, 0.15) is 37.6 Å². The smallest absolute Gasteiger partial charge is 0.270 e. The molecule has 0 radical (unpaired) electrons. The fourth-order valence-electron chi connectivity index (χ4n) is 2.90. The minimum absolute atomic E-state index is 0.00432. The lowest BCUT2D eigenvalue weighted by Gasteiger charge is -2.35. The van der Waals surface area contributed by atoms with Crippen molar-refractivity contribution >= 4 is 29.1 Å². The molecule has 1 saturated heterocycles. The van der Waals surface area contributed by atoms with Crippen molar-refractivity contribution in [2.24, 2.45) is 5.92 Å². The van der Waals surface area contributed by atoms with E-state index in [0.29, 0.717) is 19.7 Å². The topological polar surface area (TPSA) is 102 Å². The van der Waals surface area contributed by atoms with Crippen LogP contribution in [-0.4, -0.2) is 53.5 Å². The van der Waals surface area contributed by atoms with E-state index >= 15 is 0 Å². The Balaban J connectivity index is 2.14. The van der Waals surface area contributed by atoms with Gasteiger partial charge in [-0.1, -0.05) is 32.4 Å². The van der Waals surface area contributed by atoms with Crippen LogP contribution in [0, 0.1) is 16.0 Å². The molecule has 0 aliphatic carbocycles. The van der Waals surface area contributed by atoms with E-state index in [-0.39, 0.29) is 34.2 Å². The molecule has 1 aliphatic heterocycles. The van der Waals surface area contributed by atoms with Crippen molar-refractivity contribution in [2.75, 3.05) is 19.7 Å². The third kappa shape index (κ3) is 5.17. The Morgan fingerprint density at radius 2 is 2.15 bits per heavy atom. The van der Waals surface area contributed by atoms with Gasteiger partial charge in [0.05, 0.1) is 28.2 Å². The van der Waals surface area contributed by atoms with Crippen molar-refractivity contribution in [2.45, 2.75) is 39.3 Å². The maximum atomic E-state index is 12.9. The Kier molecular flexibility index (Phi) is 7.15. The summed E-state index contributed by atoms with van der Waals surface area (Å²) in [6.07, 6.45) is 0.802. The van der Waals surface area contributed by atoms with Crippen molar-refractivity contribution in [1.29, 1.82) is 0 Å². The van der Waals surface area contributed by atoms with Gasteiger partial charge < -0.3 is 15.0 Å². The van der Waals surface area contributed by atoms with Gasteiger partial charge in [-0.15, -0.1) is 0 Å². The molecule has 0 unspecified atom stereocenters. The van der Waals surface area contributed by atoms with Crippen LogP contribution in [0.15, 0.2) is 18.2 Å². The predicted molar refractivity (Wildman–Crippen MR) is 101 cm³/mol. The fourth-order valence-corrected chi connectivity index (χ4v) is 3.16. The second-order valence-electron chi connectivity index (χ2n) is 6.80. The molecule has 1 N–H and O–H groups in total. The van der Waals surface area contributed by atoms with Crippen LogP contribution in [0.5, 0.6) is 0 Å². The number of nitrogens with zero attached hydrogens (tertiary/aromatic N) is 2. The molecular weight excluding hydrogens is 374 g/mol. The summed E-state index contributed by atoms with van der Waals surface area (Å²) >= 11 is 6.02. The van der Waals surface area contributed by atoms with E-state index in [2.05, 4.69) is 5.32 Å². The second-order valence-corrected chi connectivity index (χ2v) is 7.21. The molecule has 148 valence electrons.